The van der Waals surface area contributed by atoms with E-state index < -0.39 is 22.3 Å². The smallest absolute Gasteiger partial charge is 0.294 e. The molecule has 1 aromatic rings. The van der Waals surface area contributed by atoms with Gasteiger partial charge in [0.2, 0.25) is 0 Å². The zero-order chi connectivity index (χ0) is 14.4. The second-order valence-corrected chi connectivity index (χ2v) is 5.72. The first-order valence-electron chi connectivity index (χ1n) is 5.81. The maximum atomic E-state index is 13.4. The Hall–Kier alpha value is -1.40. The first-order chi connectivity index (χ1) is 8.73. The SMILES string of the molecule is CC1(C)C(O)CC1Nc1cc(F)c(Cl)cc1[N+](=O)[O-]. The normalized spacial score (nSPS) is 24.7. The van der Waals surface area contributed by atoms with Gasteiger partial charge < -0.3 is 10.4 Å². The van der Waals surface area contributed by atoms with Crippen LogP contribution in [0, 0.1) is 21.3 Å². The molecule has 0 amide bonds. The van der Waals surface area contributed by atoms with Gasteiger partial charge in [0.1, 0.15) is 11.5 Å². The van der Waals surface area contributed by atoms with Gasteiger partial charge in [0, 0.05) is 23.6 Å². The van der Waals surface area contributed by atoms with E-state index in [0.717, 1.165) is 12.1 Å². The van der Waals surface area contributed by atoms with Gasteiger partial charge in [0.25, 0.3) is 5.69 Å². The number of nitro benzene ring substituents is 1. The van der Waals surface area contributed by atoms with Crippen LogP contribution in [-0.2, 0) is 0 Å². The molecule has 104 valence electrons. The van der Waals surface area contributed by atoms with E-state index in [0.29, 0.717) is 6.42 Å². The lowest BCUT2D eigenvalue weighted by molar-refractivity contribution is -0.384. The molecule has 0 spiro atoms. The van der Waals surface area contributed by atoms with E-state index in [-0.39, 0.29) is 22.4 Å². The van der Waals surface area contributed by atoms with Crippen molar-refractivity contribution in [3.63, 3.8) is 0 Å². The number of halogens is 2. The van der Waals surface area contributed by atoms with Gasteiger partial charge in [-0.2, -0.15) is 0 Å². The Morgan fingerprint density at radius 3 is 2.68 bits per heavy atom. The largest absolute Gasteiger partial charge is 0.392 e. The summed E-state index contributed by atoms with van der Waals surface area (Å²) < 4.78 is 13.4. The second-order valence-electron chi connectivity index (χ2n) is 5.31. The average molecular weight is 289 g/mol. The van der Waals surface area contributed by atoms with Crippen LogP contribution in [0.3, 0.4) is 0 Å². The molecule has 7 heteroatoms. The maximum Gasteiger partial charge on any atom is 0.294 e. The molecule has 2 N–H and O–H groups in total. The van der Waals surface area contributed by atoms with E-state index in [9.17, 15) is 19.6 Å². The fourth-order valence-corrected chi connectivity index (χ4v) is 2.30. The molecular formula is C12H14ClFN2O3. The summed E-state index contributed by atoms with van der Waals surface area (Å²) in [5.74, 6) is -0.715. The molecule has 1 aromatic carbocycles. The number of aliphatic hydroxyl groups excluding tert-OH is 1. The minimum Gasteiger partial charge on any atom is -0.392 e. The molecule has 2 unspecified atom stereocenters. The molecule has 5 nitrogen and oxygen atoms in total. The molecule has 0 saturated heterocycles. The van der Waals surface area contributed by atoms with Crippen molar-refractivity contribution < 1.29 is 14.4 Å². The molecule has 0 aromatic heterocycles. The number of anilines is 1. The molecule has 0 aliphatic heterocycles. The zero-order valence-electron chi connectivity index (χ0n) is 10.5. The van der Waals surface area contributed by atoms with Crippen LogP contribution in [0.5, 0.6) is 0 Å². The number of nitrogens with zero attached hydrogens (tertiary/aromatic N) is 1. The van der Waals surface area contributed by atoms with Crippen molar-refractivity contribution in [3.8, 4) is 0 Å². The fraction of sp³-hybridized carbons (Fsp3) is 0.500. The van der Waals surface area contributed by atoms with E-state index in [2.05, 4.69) is 5.32 Å². The Kier molecular flexibility index (Phi) is 3.40. The van der Waals surface area contributed by atoms with Gasteiger partial charge in [0.15, 0.2) is 0 Å². The van der Waals surface area contributed by atoms with Crippen LogP contribution in [0.25, 0.3) is 0 Å². The molecule has 2 atom stereocenters. The highest BCUT2D eigenvalue weighted by molar-refractivity contribution is 6.31. The molecular weight excluding hydrogens is 275 g/mol. The number of hydrogen-bond acceptors (Lipinski definition) is 4. The summed E-state index contributed by atoms with van der Waals surface area (Å²) >= 11 is 5.55. The van der Waals surface area contributed by atoms with Crippen molar-refractivity contribution >= 4 is 23.0 Å². The van der Waals surface area contributed by atoms with Crippen LogP contribution in [0.1, 0.15) is 20.3 Å². The van der Waals surface area contributed by atoms with E-state index in [1.807, 2.05) is 13.8 Å². The van der Waals surface area contributed by atoms with E-state index in [4.69, 9.17) is 11.6 Å². The van der Waals surface area contributed by atoms with Crippen molar-refractivity contribution in [1.29, 1.82) is 0 Å². The molecule has 1 saturated carbocycles. The summed E-state index contributed by atoms with van der Waals surface area (Å²) in [6.07, 6.45) is -0.00444. The second kappa shape index (κ2) is 4.61. The third kappa shape index (κ3) is 2.37. The highest BCUT2D eigenvalue weighted by Gasteiger charge is 2.47. The molecule has 19 heavy (non-hydrogen) atoms. The maximum absolute atomic E-state index is 13.4. The van der Waals surface area contributed by atoms with Crippen molar-refractivity contribution in [2.45, 2.75) is 32.4 Å². The summed E-state index contributed by atoms with van der Waals surface area (Å²) in [6, 6.07) is 1.85. The van der Waals surface area contributed by atoms with Crippen molar-refractivity contribution in [1.82, 2.24) is 0 Å². The quantitative estimate of drug-likeness (QED) is 0.662. The molecule has 1 aliphatic carbocycles. The van der Waals surface area contributed by atoms with E-state index in [1.54, 1.807) is 0 Å². The van der Waals surface area contributed by atoms with Crippen LogP contribution < -0.4 is 5.32 Å². The van der Waals surface area contributed by atoms with Gasteiger partial charge in [0.05, 0.1) is 16.0 Å². The Balaban J connectivity index is 2.30. The number of nitrogens with one attached hydrogen (secondary N) is 1. The number of hydrogen-bond donors (Lipinski definition) is 2. The number of benzene rings is 1. The van der Waals surface area contributed by atoms with Gasteiger partial charge in [-0.25, -0.2) is 4.39 Å². The van der Waals surface area contributed by atoms with Crippen LogP contribution in [-0.4, -0.2) is 22.2 Å². The molecule has 0 heterocycles. The first kappa shape index (κ1) is 14.0. The van der Waals surface area contributed by atoms with Gasteiger partial charge in [-0.1, -0.05) is 25.4 Å². The van der Waals surface area contributed by atoms with Gasteiger partial charge >= 0.3 is 0 Å². The summed E-state index contributed by atoms with van der Waals surface area (Å²) in [7, 11) is 0. The predicted octanol–water partition coefficient (Wildman–Crippen LogP) is 2.96. The number of nitro groups is 1. The summed E-state index contributed by atoms with van der Waals surface area (Å²) in [6.45, 7) is 3.69. The number of aliphatic hydroxyl groups is 1. The van der Waals surface area contributed by atoms with E-state index >= 15 is 0 Å². The average Bonchev–Trinajstić information content (AvgIpc) is 2.32. The third-order valence-electron chi connectivity index (χ3n) is 3.78. The highest BCUT2D eigenvalue weighted by atomic mass is 35.5. The molecule has 1 aliphatic rings. The fourth-order valence-electron chi connectivity index (χ4n) is 2.14. The minimum absolute atomic E-state index is 0.0804. The highest BCUT2D eigenvalue weighted by Crippen LogP contribution is 2.43. The van der Waals surface area contributed by atoms with Gasteiger partial charge in [-0.05, 0) is 6.42 Å². The minimum atomic E-state index is -0.715. The molecule has 2 rings (SSSR count). The van der Waals surface area contributed by atoms with Crippen molar-refractivity contribution in [2.75, 3.05) is 5.32 Å². The van der Waals surface area contributed by atoms with Crippen LogP contribution in [0.15, 0.2) is 12.1 Å². The van der Waals surface area contributed by atoms with Gasteiger partial charge in [-0.15, -0.1) is 0 Å². The Bertz CT molecular complexity index is 536. The van der Waals surface area contributed by atoms with Crippen LogP contribution >= 0.6 is 11.6 Å². The standard InChI is InChI=1S/C12H14ClFN2O3/c1-12(2)10(5-11(12)17)15-8-4-7(14)6(13)3-9(8)16(18)19/h3-4,10-11,15,17H,5H2,1-2H3. The van der Waals surface area contributed by atoms with Crippen molar-refractivity contribution in [3.05, 3.63) is 33.1 Å². The molecule has 1 fully saturated rings. The Labute approximate surface area is 114 Å². The first-order valence-corrected chi connectivity index (χ1v) is 6.19. The monoisotopic (exact) mass is 288 g/mol. The predicted molar refractivity (Wildman–Crippen MR) is 69.9 cm³/mol. The Morgan fingerprint density at radius 2 is 2.21 bits per heavy atom. The summed E-state index contributed by atoms with van der Waals surface area (Å²) in [4.78, 5) is 10.3. The zero-order valence-corrected chi connectivity index (χ0v) is 11.2. The van der Waals surface area contributed by atoms with Gasteiger partial charge in [-0.3, -0.25) is 10.1 Å². The summed E-state index contributed by atoms with van der Waals surface area (Å²) in [5.41, 5.74) is -0.607. The lowest BCUT2D eigenvalue weighted by Gasteiger charge is -2.49. The number of rotatable bonds is 3. The van der Waals surface area contributed by atoms with Crippen molar-refractivity contribution in [2.24, 2.45) is 5.41 Å². The lowest BCUT2D eigenvalue weighted by Crippen LogP contribution is -2.56. The van der Waals surface area contributed by atoms with E-state index in [1.165, 1.54) is 0 Å². The Morgan fingerprint density at radius 1 is 1.58 bits per heavy atom. The summed E-state index contributed by atoms with van der Waals surface area (Å²) in [5, 5.41) is 23.2. The van der Waals surface area contributed by atoms with Crippen LogP contribution in [0.4, 0.5) is 15.8 Å². The molecule has 0 radical (unpaired) electrons. The van der Waals surface area contributed by atoms with Crippen LogP contribution in [0.2, 0.25) is 5.02 Å². The topological polar surface area (TPSA) is 75.4 Å². The molecule has 0 bridgehead atoms. The lowest BCUT2D eigenvalue weighted by atomic mass is 9.64. The third-order valence-corrected chi connectivity index (χ3v) is 4.07.